The van der Waals surface area contributed by atoms with Gasteiger partial charge >= 0.3 is 17.9 Å². The predicted octanol–water partition coefficient (Wildman–Crippen LogP) is 2.62. The van der Waals surface area contributed by atoms with Gasteiger partial charge in [-0.3, -0.25) is 4.79 Å². The number of benzene rings is 2. The summed E-state index contributed by atoms with van der Waals surface area (Å²) in [6.45, 7) is 0.996. The van der Waals surface area contributed by atoms with Crippen LogP contribution in [0.3, 0.4) is 0 Å². The van der Waals surface area contributed by atoms with E-state index in [1.165, 1.54) is 44.4 Å². The second-order valence-electron chi connectivity index (χ2n) is 6.56. The SMILES string of the molecule is COc1cc(/C=C/C(=O)OCCOCCO[N+](=O)[O-])ccc1OC(=O)c1ccccc1OC(C)=O. The molecular weight excluding hydrogens is 466 g/mol. The second-order valence-corrected chi connectivity index (χ2v) is 6.56. The number of hydrogen-bond acceptors (Lipinski definition) is 11. The molecule has 0 aromatic heterocycles. The van der Waals surface area contributed by atoms with Crippen LogP contribution in [-0.2, 0) is 23.9 Å². The van der Waals surface area contributed by atoms with Crippen molar-refractivity contribution in [2.45, 2.75) is 6.92 Å². The van der Waals surface area contributed by atoms with Gasteiger partial charge in [-0.25, -0.2) is 9.59 Å². The maximum atomic E-state index is 12.6. The molecule has 2 aromatic carbocycles. The van der Waals surface area contributed by atoms with Crippen LogP contribution in [0, 0.1) is 10.1 Å². The Morgan fingerprint density at radius 2 is 1.69 bits per heavy atom. The lowest BCUT2D eigenvalue weighted by Gasteiger charge is -2.12. The summed E-state index contributed by atoms with van der Waals surface area (Å²) in [6, 6.07) is 10.8. The Balaban J connectivity index is 1.92. The molecule has 0 radical (unpaired) electrons. The highest BCUT2D eigenvalue weighted by molar-refractivity contribution is 5.95. The van der Waals surface area contributed by atoms with Crippen LogP contribution in [0.5, 0.6) is 17.2 Å². The normalized spacial score (nSPS) is 10.5. The highest BCUT2D eigenvalue weighted by atomic mass is 17.0. The minimum absolute atomic E-state index is 0.0135. The van der Waals surface area contributed by atoms with Crippen LogP contribution in [0.4, 0.5) is 0 Å². The molecular formula is C23H23NO11. The zero-order valence-electron chi connectivity index (χ0n) is 19.0. The van der Waals surface area contributed by atoms with E-state index in [9.17, 15) is 24.5 Å². The van der Waals surface area contributed by atoms with Crippen LogP contribution < -0.4 is 14.2 Å². The van der Waals surface area contributed by atoms with Crippen molar-refractivity contribution < 1.29 is 48.0 Å². The van der Waals surface area contributed by atoms with E-state index in [0.717, 1.165) is 0 Å². The summed E-state index contributed by atoms with van der Waals surface area (Å²) in [7, 11) is 1.39. The molecule has 0 aliphatic carbocycles. The standard InChI is InChI=1S/C23H23NO11/c1-16(25)34-19-6-4-3-5-18(19)23(27)35-20-9-7-17(15-21(20)30-2)8-10-22(26)32-13-11-31-12-14-33-24(28)29/h3-10,15H,11-14H2,1-2H3/b10-8+. The molecule has 12 nitrogen and oxygen atoms in total. The minimum atomic E-state index is -0.926. The van der Waals surface area contributed by atoms with Gasteiger partial charge in [0.15, 0.2) is 11.5 Å². The number of carbonyl (C=O) groups is 3. The summed E-state index contributed by atoms with van der Waals surface area (Å²) in [6.07, 6.45) is 2.66. The number of ether oxygens (including phenoxy) is 5. The number of methoxy groups -OCH3 is 1. The lowest BCUT2D eigenvalue weighted by atomic mass is 10.1. The van der Waals surface area contributed by atoms with Gasteiger partial charge in [-0.05, 0) is 35.9 Å². The number of carbonyl (C=O) groups excluding carboxylic acids is 3. The third-order valence-corrected chi connectivity index (χ3v) is 4.06. The molecule has 186 valence electrons. The molecule has 0 atom stereocenters. The summed E-state index contributed by atoms with van der Waals surface area (Å²) in [5, 5.41) is 9.06. The van der Waals surface area contributed by atoms with Crippen molar-refractivity contribution in [2.75, 3.05) is 33.5 Å². The molecule has 12 heteroatoms. The molecule has 0 aliphatic rings. The molecule has 0 aliphatic heterocycles. The molecule has 0 saturated heterocycles. The van der Waals surface area contributed by atoms with Crippen molar-refractivity contribution in [2.24, 2.45) is 0 Å². The van der Waals surface area contributed by atoms with Crippen LogP contribution >= 0.6 is 0 Å². The highest BCUT2D eigenvalue weighted by Crippen LogP contribution is 2.30. The van der Waals surface area contributed by atoms with Crippen LogP contribution in [0.15, 0.2) is 48.5 Å². The number of para-hydroxylation sites is 1. The van der Waals surface area contributed by atoms with Gasteiger partial charge in [0.25, 0.3) is 5.09 Å². The average Bonchev–Trinajstić information content (AvgIpc) is 2.82. The Morgan fingerprint density at radius 3 is 2.40 bits per heavy atom. The van der Waals surface area contributed by atoms with Gasteiger partial charge in [0.05, 0.1) is 20.3 Å². The number of hydrogen-bond donors (Lipinski definition) is 0. The maximum absolute atomic E-state index is 12.6. The maximum Gasteiger partial charge on any atom is 0.347 e. The zero-order valence-corrected chi connectivity index (χ0v) is 19.0. The molecule has 35 heavy (non-hydrogen) atoms. The van der Waals surface area contributed by atoms with E-state index in [1.807, 2.05) is 0 Å². The fourth-order valence-electron chi connectivity index (χ4n) is 2.59. The Bertz CT molecular complexity index is 1080. The van der Waals surface area contributed by atoms with E-state index in [1.54, 1.807) is 24.3 Å². The number of rotatable bonds is 13. The van der Waals surface area contributed by atoms with E-state index in [4.69, 9.17) is 23.7 Å². The first-order chi connectivity index (χ1) is 16.8. The summed E-state index contributed by atoms with van der Waals surface area (Å²) in [5.41, 5.74) is 0.623. The molecule has 0 fully saturated rings. The van der Waals surface area contributed by atoms with Crippen molar-refractivity contribution in [1.82, 2.24) is 0 Å². The van der Waals surface area contributed by atoms with Crippen molar-refractivity contribution in [3.63, 3.8) is 0 Å². The molecule has 0 N–H and O–H groups in total. The van der Waals surface area contributed by atoms with E-state index in [0.29, 0.717) is 5.56 Å². The largest absolute Gasteiger partial charge is 0.493 e. The van der Waals surface area contributed by atoms with E-state index < -0.39 is 23.0 Å². The molecule has 0 heterocycles. The molecule has 0 saturated carbocycles. The topological polar surface area (TPSA) is 150 Å². The third-order valence-electron chi connectivity index (χ3n) is 4.06. The van der Waals surface area contributed by atoms with E-state index in [-0.39, 0.29) is 49.2 Å². The lowest BCUT2D eigenvalue weighted by molar-refractivity contribution is -0.758. The van der Waals surface area contributed by atoms with Crippen molar-refractivity contribution in [3.05, 3.63) is 69.8 Å². The Kier molecular flexibility index (Phi) is 10.7. The van der Waals surface area contributed by atoms with Gasteiger partial charge in [0.2, 0.25) is 0 Å². The van der Waals surface area contributed by atoms with Crippen LogP contribution in [-0.4, -0.2) is 56.5 Å². The molecule has 0 spiro atoms. The van der Waals surface area contributed by atoms with Crippen molar-refractivity contribution in [3.8, 4) is 17.2 Å². The Labute approximate surface area is 200 Å². The summed E-state index contributed by atoms with van der Waals surface area (Å²) in [5.74, 6) is -1.55. The van der Waals surface area contributed by atoms with Gasteiger partial charge in [0.1, 0.15) is 24.5 Å². The van der Waals surface area contributed by atoms with Gasteiger partial charge in [-0.1, -0.05) is 18.2 Å². The van der Waals surface area contributed by atoms with Gasteiger partial charge in [0, 0.05) is 13.0 Å². The van der Waals surface area contributed by atoms with E-state index in [2.05, 4.69) is 4.84 Å². The molecule has 2 aromatic rings. The predicted molar refractivity (Wildman–Crippen MR) is 119 cm³/mol. The Hall–Kier alpha value is -4.45. The first-order valence-corrected chi connectivity index (χ1v) is 10.2. The molecule has 0 bridgehead atoms. The first-order valence-electron chi connectivity index (χ1n) is 10.2. The van der Waals surface area contributed by atoms with Gasteiger partial charge in [-0.2, -0.15) is 0 Å². The monoisotopic (exact) mass is 489 g/mol. The zero-order chi connectivity index (χ0) is 25.6. The fraction of sp³-hybridized carbons (Fsp3) is 0.261. The summed E-state index contributed by atoms with van der Waals surface area (Å²) >= 11 is 0. The van der Waals surface area contributed by atoms with Gasteiger partial charge in [-0.15, -0.1) is 10.1 Å². The number of esters is 3. The van der Waals surface area contributed by atoms with Crippen LogP contribution in [0.25, 0.3) is 6.08 Å². The second kappa shape index (κ2) is 14.0. The average molecular weight is 489 g/mol. The third kappa shape index (κ3) is 9.52. The molecule has 0 unspecified atom stereocenters. The fourth-order valence-corrected chi connectivity index (χ4v) is 2.59. The van der Waals surface area contributed by atoms with Crippen LogP contribution in [0.2, 0.25) is 0 Å². The highest BCUT2D eigenvalue weighted by Gasteiger charge is 2.18. The Morgan fingerprint density at radius 1 is 0.943 bits per heavy atom. The molecule has 2 rings (SSSR count). The van der Waals surface area contributed by atoms with Crippen molar-refractivity contribution >= 4 is 24.0 Å². The molecule has 0 amide bonds. The summed E-state index contributed by atoms with van der Waals surface area (Å²) in [4.78, 5) is 49.7. The van der Waals surface area contributed by atoms with Crippen molar-refractivity contribution in [1.29, 1.82) is 0 Å². The van der Waals surface area contributed by atoms with Crippen LogP contribution in [0.1, 0.15) is 22.8 Å². The number of nitrogens with zero attached hydrogens (tertiary/aromatic N) is 1. The summed E-state index contributed by atoms with van der Waals surface area (Å²) < 4.78 is 25.7. The smallest absolute Gasteiger partial charge is 0.347 e. The minimum Gasteiger partial charge on any atom is -0.493 e. The van der Waals surface area contributed by atoms with Gasteiger partial charge < -0.3 is 28.5 Å². The first kappa shape index (κ1) is 26.8. The lowest BCUT2D eigenvalue weighted by Crippen LogP contribution is -2.13. The quantitative estimate of drug-likeness (QED) is 0.102. The van der Waals surface area contributed by atoms with E-state index >= 15 is 0 Å².